The van der Waals surface area contributed by atoms with Crippen LogP contribution in [0, 0.1) is 0 Å². The molecule has 1 aliphatic rings. The lowest BCUT2D eigenvalue weighted by Crippen LogP contribution is -2.23. The van der Waals surface area contributed by atoms with Crippen LogP contribution < -0.4 is 0 Å². The van der Waals surface area contributed by atoms with Gasteiger partial charge < -0.3 is 4.90 Å². The van der Waals surface area contributed by atoms with Crippen LogP contribution in [-0.4, -0.2) is 18.0 Å². The molecule has 1 aliphatic heterocycles. The summed E-state index contributed by atoms with van der Waals surface area (Å²) >= 11 is 0. The maximum Gasteiger partial charge on any atom is 0.0420 e. The van der Waals surface area contributed by atoms with Gasteiger partial charge >= 0.3 is 0 Å². The van der Waals surface area contributed by atoms with E-state index in [9.17, 15) is 0 Å². The van der Waals surface area contributed by atoms with Crippen LogP contribution in [0.5, 0.6) is 0 Å². The molecule has 0 aliphatic carbocycles. The van der Waals surface area contributed by atoms with Crippen LogP contribution in [0.4, 0.5) is 0 Å². The number of nitrogens with zero attached hydrogens (tertiary/aromatic N) is 1. The summed E-state index contributed by atoms with van der Waals surface area (Å²) in [6.07, 6.45) is 13.7. The average Bonchev–Trinajstić information content (AvgIpc) is 2.19. The average molecular weight is 175 g/mol. The van der Waals surface area contributed by atoms with Gasteiger partial charge in [0.05, 0.1) is 0 Å². The summed E-state index contributed by atoms with van der Waals surface area (Å²) in [4.78, 5) is 2.23. The summed E-state index contributed by atoms with van der Waals surface area (Å²) < 4.78 is 0. The minimum Gasteiger partial charge on any atom is -0.373 e. The highest BCUT2D eigenvalue weighted by atomic mass is 15.1. The smallest absolute Gasteiger partial charge is 0.0420 e. The molecule has 0 aromatic carbocycles. The molecule has 0 amide bonds. The number of allylic oxidation sites excluding steroid dienone is 3. The molecule has 1 rings (SSSR count). The van der Waals surface area contributed by atoms with Crippen molar-refractivity contribution in [3.8, 4) is 0 Å². The van der Waals surface area contributed by atoms with E-state index in [4.69, 9.17) is 0 Å². The van der Waals surface area contributed by atoms with Crippen LogP contribution in [0.3, 0.4) is 0 Å². The summed E-state index contributed by atoms with van der Waals surface area (Å²) in [5.74, 6) is 0. The summed E-state index contributed by atoms with van der Waals surface area (Å²) in [5.41, 5.74) is 1.38. The summed E-state index contributed by atoms with van der Waals surface area (Å²) in [6, 6.07) is 0. The molecule has 0 aromatic heterocycles. The molecule has 0 aromatic rings. The van der Waals surface area contributed by atoms with E-state index in [0.717, 1.165) is 19.5 Å². The van der Waals surface area contributed by atoms with Crippen molar-refractivity contribution in [2.45, 2.75) is 13.3 Å². The van der Waals surface area contributed by atoms with Gasteiger partial charge in [-0.05, 0) is 25.1 Å². The van der Waals surface area contributed by atoms with Crippen molar-refractivity contribution >= 4 is 0 Å². The van der Waals surface area contributed by atoms with Crippen LogP contribution in [0.2, 0.25) is 0 Å². The Hall–Kier alpha value is -1.24. The van der Waals surface area contributed by atoms with E-state index in [1.807, 2.05) is 25.3 Å². The molecular weight excluding hydrogens is 158 g/mol. The predicted molar refractivity (Wildman–Crippen MR) is 58.4 cm³/mol. The molecule has 0 spiro atoms. The fourth-order valence-corrected chi connectivity index (χ4v) is 1.36. The van der Waals surface area contributed by atoms with Gasteiger partial charge in [-0.15, -0.1) is 0 Å². The molecule has 0 saturated carbocycles. The van der Waals surface area contributed by atoms with Gasteiger partial charge in [0.2, 0.25) is 0 Å². The van der Waals surface area contributed by atoms with E-state index < -0.39 is 0 Å². The quantitative estimate of drug-likeness (QED) is 0.596. The molecule has 0 unspecified atom stereocenters. The molecule has 0 radical (unpaired) electrons. The van der Waals surface area contributed by atoms with Gasteiger partial charge in [-0.3, -0.25) is 0 Å². The number of hydrogen-bond acceptors (Lipinski definition) is 1. The Kier molecular flexibility index (Phi) is 4.10. The molecule has 1 nitrogen and oxygen atoms in total. The van der Waals surface area contributed by atoms with Crippen molar-refractivity contribution < 1.29 is 0 Å². The zero-order valence-corrected chi connectivity index (χ0v) is 8.24. The Morgan fingerprint density at radius 2 is 2.31 bits per heavy atom. The third kappa shape index (κ3) is 3.32. The zero-order chi connectivity index (χ0) is 9.52. The van der Waals surface area contributed by atoms with Crippen LogP contribution >= 0.6 is 0 Å². The normalized spacial score (nSPS) is 18.2. The van der Waals surface area contributed by atoms with Crippen molar-refractivity contribution in [3.05, 3.63) is 48.7 Å². The van der Waals surface area contributed by atoms with E-state index in [1.54, 1.807) is 0 Å². The fraction of sp³-hybridized carbons (Fsp3) is 0.333. The third-order valence-electron chi connectivity index (χ3n) is 2.08. The van der Waals surface area contributed by atoms with Gasteiger partial charge in [0.15, 0.2) is 0 Å². The Labute approximate surface area is 80.7 Å². The predicted octanol–water partition coefficient (Wildman–Crippen LogP) is 2.89. The molecular formula is C12H17N. The SMILES string of the molecule is C=CN1CCC=C(/C=C\C=C/C)C1. The van der Waals surface area contributed by atoms with Gasteiger partial charge in [0, 0.05) is 13.1 Å². The summed E-state index contributed by atoms with van der Waals surface area (Å²) in [7, 11) is 0. The lowest BCUT2D eigenvalue weighted by atomic mass is 10.1. The van der Waals surface area contributed by atoms with Crippen LogP contribution in [0.15, 0.2) is 48.7 Å². The van der Waals surface area contributed by atoms with E-state index >= 15 is 0 Å². The van der Waals surface area contributed by atoms with Crippen LogP contribution in [-0.2, 0) is 0 Å². The van der Waals surface area contributed by atoms with Gasteiger partial charge in [-0.1, -0.05) is 37.0 Å². The zero-order valence-electron chi connectivity index (χ0n) is 8.24. The number of rotatable bonds is 3. The lowest BCUT2D eigenvalue weighted by Gasteiger charge is -2.23. The second-order valence-electron chi connectivity index (χ2n) is 3.11. The molecule has 0 fully saturated rings. The Morgan fingerprint density at radius 3 is 3.00 bits per heavy atom. The van der Waals surface area contributed by atoms with Crippen molar-refractivity contribution in [1.29, 1.82) is 0 Å². The van der Waals surface area contributed by atoms with E-state index in [1.165, 1.54) is 5.57 Å². The molecule has 0 saturated heterocycles. The topological polar surface area (TPSA) is 3.24 Å². The van der Waals surface area contributed by atoms with E-state index in [2.05, 4.69) is 29.7 Å². The standard InChI is InChI=1S/C12H17N/c1-3-5-6-8-12-9-7-10-13(4-2)11-12/h3-6,8-9H,2,7,10-11H2,1H3/b5-3-,8-6-. The van der Waals surface area contributed by atoms with Gasteiger partial charge in [0.1, 0.15) is 0 Å². The highest BCUT2D eigenvalue weighted by molar-refractivity contribution is 5.25. The van der Waals surface area contributed by atoms with E-state index in [0.29, 0.717) is 0 Å². The minimum absolute atomic E-state index is 0.998. The first-order valence-electron chi connectivity index (χ1n) is 4.72. The van der Waals surface area contributed by atoms with Gasteiger partial charge in [0.25, 0.3) is 0 Å². The van der Waals surface area contributed by atoms with Crippen molar-refractivity contribution in [1.82, 2.24) is 4.90 Å². The summed E-state index contributed by atoms with van der Waals surface area (Å²) in [6.45, 7) is 7.90. The van der Waals surface area contributed by atoms with Crippen LogP contribution in [0.25, 0.3) is 0 Å². The maximum atomic E-state index is 3.78. The lowest BCUT2D eigenvalue weighted by molar-refractivity contribution is 0.402. The second kappa shape index (κ2) is 5.41. The Morgan fingerprint density at radius 1 is 1.46 bits per heavy atom. The molecule has 1 heterocycles. The highest BCUT2D eigenvalue weighted by Gasteiger charge is 2.04. The molecule has 0 atom stereocenters. The van der Waals surface area contributed by atoms with Crippen molar-refractivity contribution in [3.63, 3.8) is 0 Å². The Balaban J connectivity index is 2.50. The van der Waals surface area contributed by atoms with Crippen molar-refractivity contribution in [2.75, 3.05) is 13.1 Å². The largest absolute Gasteiger partial charge is 0.373 e. The first-order valence-corrected chi connectivity index (χ1v) is 4.72. The fourth-order valence-electron chi connectivity index (χ4n) is 1.36. The van der Waals surface area contributed by atoms with Gasteiger partial charge in [-0.2, -0.15) is 0 Å². The molecule has 0 bridgehead atoms. The number of hydrogen-bond donors (Lipinski definition) is 0. The van der Waals surface area contributed by atoms with Gasteiger partial charge in [-0.25, -0.2) is 0 Å². The van der Waals surface area contributed by atoms with E-state index in [-0.39, 0.29) is 0 Å². The Bertz CT molecular complexity index is 246. The third-order valence-corrected chi connectivity index (χ3v) is 2.08. The summed E-state index contributed by atoms with van der Waals surface area (Å²) in [5, 5.41) is 0. The first kappa shape index (κ1) is 9.85. The highest BCUT2D eigenvalue weighted by Crippen LogP contribution is 2.10. The maximum absolute atomic E-state index is 3.78. The van der Waals surface area contributed by atoms with Crippen LogP contribution in [0.1, 0.15) is 13.3 Å². The second-order valence-corrected chi connectivity index (χ2v) is 3.11. The molecule has 0 N–H and O–H groups in total. The molecule has 1 heteroatoms. The minimum atomic E-state index is 0.998. The monoisotopic (exact) mass is 175 g/mol. The van der Waals surface area contributed by atoms with Crippen molar-refractivity contribution in [2.24, 2.45) is 0 Å². The molecule has 70 valence electrons. The molecule has 13 heavy (non-hydrogen) atoms. The first-order chi connectivity index (χ1) is 6.36.